The summed E-state index contributed by atoms with van der Waals surface area (Å²) in [7, 11) is 0. The molecule has 3 aliphatic carbocycles. The minimum Gasteiger partial charge on any atom is -0.487 e. The van der Waals surface area contributed by atoms with Gasteiger partial charge >= 0.3 is 6.18 Å². The van der Waals surface area contributed by atoms with Crippen molar-refractivity contribution in [3.63, 3.8) is 0 Å². The molecule has 1 aromatic heterocycles. The molecular weight excluding hydrogens is 470 g/mol. The van der Waals surface area contributed by atoms with Crippen LogP contribution < -0.4 is 15.0 Å². The molecule has 0 radical (unpaired) electrons. The van der Waals surface area contributed by atoms with E-state index < -0.39 is 41.2 Å². The second kappa shape index (κ2) is 8.69. The number of aliphatic hydroxyl groups excluding tert-OH is 1. The number of aliphatic hydroxyl groups is 1. The zero-order chi connectivity index (χ0) is 25.0. The number of nitrogens with one attached hydrogen (secondary N) is 1. The smallest absolute Gasteiger partial charge is 0.396 e. The number of rotatable bonds is 7. The van der Waals surface area contributed by atoms with Gasteiger partial charge in [0.15, 0.2) is 17.3 Å². The zero-order valence-electron chi connectivity index (χ0n) is 19.2. The first kappa shape index (κ1) is 23.9. The normalized spacial score (nSPS) is 25.0. The van der Waals surface area contributed by atoms with Gasteiger partial charge in [-0.2, -0.15) is 18.2 Å². The molecule has 0 atom stereocenters. The largest absolute Gasteiger partial charge is 0.487 e. The zero-order valence-corrected chi connectivity index (χ0v) is 19.2. The quantitative estimate of drug-likeness (QED) is 0.546. The fraction of sp³-hybridized carbons (Fsp3) is 0.583. The van der Waals surface area contributed by atoms with Crippen LogP contribution in [0.2, 0.25) is 0 Å². The van der Waals surface area contributed by atoms with Crippen molar-refractivity contribution >= 4 is 17.6 Å². The Morgan fingerprint density at radius 2 is 1.94 bits per heavy atom. The lowest BCUT2D eigenvalue weighted by Crippen LogP contribution is -2.56. The third-order valence-corrected chi connectivity index (χ3v) is 7.07. The lowest BCUT2D eigenvalue weighted by Gasteiger charge is -2.45. The van der Waals surface area contributed by atoms with Crippen LogP contribution in [0.15, 0.2) is 22.6 Å². The van der Waals surface area contributed by atoms with Crippen LogP contribution in [0, 0.1) is 23.1 Å². The average molecular weight is 497 g/mol. The SMILES string of the molecule is CC1(CO)CN(c2nc(C(=O)Nc3ccc(OC4CC5CC(C5)C4)c(F)c3)c(CC(F)(F)F)o2)C1. The Kier molecular flexibility index (Phi) is 5.93. The molecule has 35 heavy (non-hydrogen) atoms. The van der Waals surface area contributed by atoms with Gasteiger partial charge in [-0.15, -0.1) is 0 Å². The number of anilines is 2. The molecule has 2 aromatic rings. The number of nitrogens with zero attached hydrogens (tertiary/aromatic N) is 2. The minimum absolute atomic E-state index is 0.0323. The maximum Gasteiger partial charge on any atom is 0.396 e. The van der Waals surface area contributed by atoms with E-state index >= 15 is 0 Å². The van der Waals surface area contributed by atoms with Gasteiger partial charge in [0.05, 0.1) is 12.7 Å². The van der Waals surface area contributed by atoms with Crippen LogP contribution in [-0.2, 0) is 6.42 Å². The van der Waals surface area contributed by atoms with Gasteiger partial charge in [0.25, 0.3) is 11.9 Å². The van der Waals surface area contributed by atoms with Crippen LogP contribution in [0.4, 0.5) is 29.3 Å². The Labute approximate surface area is 199 Å². The molecule has 2 heterocycles. The fourth-order valence-corrected chi connectivity index (χ4v) is 5.30. The van der Waals surface area contributed by atoms with Crippen molar-refractivity contribution in [1.29, 1.82) is 0 Å². The van der Waals surface area contributed by atoms with Crippen molar-refractivity contribution < 1.29 is 36.6 Å². The number of oxazole rings is 1. The fourth-order valence-electron chi connectivity index (χ4n) is 5.30. The topological polar surface area (TPSA) is 87.8 Å². The van der Waals surface area contributed by atoms with Crippen molar-refractivity contribution in [1.82, 2.24) is 4.98 Å². The van der Waals surface area contributed by atoms with Gasteiger partial charge in [-0.1, -0.05) is 6.92 Å². The van der Waals surface area contributed by atoms with Crippen LogP contribution in [0.25, 0.3) is 0 Å². The van der Waals surface area contributed by atoms with Gasteiger partial charge in [-0.25, -0.2) is 4.39 Å². The average Bonchev–Trinajstić information content (AvgIpc) is 3.14. The van der Waals surface area contributed by atoms with Crippen LogP contribution in [0.3, 0.4) is 0 Å². The van der Waals surface area contributed by atoms with E-state index in [4.69, 9.17) is 9.15 Å². The van der Waals surface area contributed by atoms with Gasteiger partial charge < -0.3 is 24.5 Å². The van der Waals surface area contributed by atoms with E-state index in [0.29, 0.717) is 24.9 Å². The summed E-state index contributed by atoms with van der Waals surface area (Å²) < 4.78 is 65.0. The molecule has 11 heteroatoms. The van der Waals surface area contributed by atoms with Crippen molar-refractivity contribution in [3.8, 4) is 5.75 Å². The van der Waals surface area contributed by atoms with Crippen LogP contribution in [0.1, 0.15) is 48.9 Å². The lowest BCUT2D eigenvalue weighted by molar-refractivity contribution is -0.130. The summed E-state index contributed by atoms with van der Waals surface area (Å²) in [6.45, 7) is 2.37. The number of fused-ring (bicyclic) bond motifs is 2. The van der Waals surface area contributed by atoms with Gasteiger partial charge in [-0.05, 0) is 49.7 Å². The molecule has 0 unspecified atom stereocenters. The highest BCUT2D eigenvalue weighted by Crippen LogP contribution is 2.46. The van der Waals surface area contributed by atoms with E-state index in [1.807, 2.05) is 6.92 Å². The first-order valence-corrected chi connectivity index (χ1v) is 11.7. The number of benzene rings is 1. The highest BCUT2D eigenvalue weighted by Gasteiger charge is 2.42. The molecule has 3 saturated carbocycles. The van der Waals surface area contributed by atoms with Crippen LogP contribution in [0.5, 0.6) is 5.75 Å². The molecule has 2 N–H and O–H groups in total. The molecule has 4 aliphatic rings. The number of aromatic nitrogens is 1. The molecular formula is C24H27F4N3O4. The van der Waals surface area contributed by atoms with E-state index in [2.05, 4.69) is 10.3 Å². The highest BCUT2D eigenvalue weighted by atomic mass is 19.4. The summed E-state index contributed by atoms with van der Waals surface area (Å²) in [5.41, 5.74) is -0.872. The summed E-state index contributed by atoms with van der Waals surface area (Å²) >= 11 is 0. The number of carbonyl (C=O) groups is 1. The first-order valence-electron chi connectivity index (χ1n) is 11.7. The van der Waals surface area contributed by atoms with Crippen LogP contribution in [-0.4, -0.2) is 48.0 Å². The second-order valence-electron chi connectivity index (χ2n) is 10.4. The molecule has 0 spiro atoms. The summed E-state index contributed by atoms with van der Waals surface area (Å²) in [5.74, 6) is -0.855. The Morgan fingerprint density at radius 1 is 1.26 bits per heavy atom. The van der Waals surface area contributed by atoms with Crippen LogP contribution >= 0.6 is 0 Å². The van der Waals surface area contributed by atoms with Crippen molar-refractivity contribution in [3.05, 3.63) is 35.5 Å². The Bertz CT molecular complexity index is 1100. The standard InChI is InChI=1S/C24H27F4N3O4/c1-23(12-32)10-31(11-23)22-30-20(19(35-22)9-24(26,27)28)21(33)29-15-2-3-18(17(25)8-15)34-16-6-13-4-14(5-13)7-16/h2-3,8,13-14,16,32H,4-7,9-12H2,1H3,(H,29,33). The van der Waals surface area contributed by atoms with E-state index in [0.717, 1.165) is 18.9 Å². The Hall–Kier alpha value is -2.82. The highest BCUT2D eigenvalue weighted by molar-refractivity contribution is 6.03. The van der Waals surface area contributed by atoms with Crippen molar-refractivity contribution in [2.45, 2.75) is 51.3 Å². The van der Waals surface area contributed by atoms with E-state index in [1.165, 1.54) is 25.0 Å². The molecule has 1 saturated heterocycles. The number of hydrogen-bond acceptors (Lipinski definition) is 6. The number of carbonyl (C=O) groups excluding carboxylic acids is 1. The molecule has 190 valence electrons. The maximum atomic E-state index is 14.7. The summed E-state index contributed by atoms with van der Waals surface area (Å²) in [6.07, 6.45) is -1.89. The summed E-state index contributed by atoms with van der Waals surface area (Å²) in [6, 6.07) is 3.79. The molecule has 2 bridgehead atoms. The van der Waals surface area contributed by atoms with Crippen molar-refractivity contribution in [2.24, 2.45) is 17.3 Å². The number of hydrogen-bond donors (Lipinski definition) is 2. The van der Waals surface area contributed by atoms with E-state index in [9.17, 15) is 27.5 Å². The second-order valence-corrected chi connectivity index (χ2v) is 10.4. The predicted molar refractivity (Wildman–Crippen MR) is 118 cm³/mol. The monoisotopic (exact) mass is 497 g/mol. The van der Waals surface area contributed by atoms with Gasteiger partial charge in [0.2, 0.25) is 0 Å². The third-order valence-electron chi connectivity index (χ3n) is 7.07. The molecule has 1 aliphatic heterocycles. The number of alkyl halides is 3. The number of halogens is 4. The molecule has 7 nitrogen and oxygen atoms in total. The van der Waals surface area contributed by atoms with Gasteiger partial charge in [0, 0.05) is 30.3 Å². The molecule has 1 aromatic carbocycles. The number of amides is 1. The lowest BCUT2D eigenvalue weighted by atomic mass is 9.64. The number of ether oxygens (including phenoxy) is 1. The molecule has 4 fully saturated rings. The van der Waals surface area contributed by atoms with Gasteiger partial charge in [0.1, 0.15) is 12.2 Å². The Balaban J connectivity index is 1.29. The van der Waals surface area contributed by atoms with E-state index in [1.54, 1.807) is 4.90 Å². The van der Waals surface area contributed by atoms with Gasteiger partial charge in [-0.3, -0.25) is 4.79 Å². The molecule has 1 amide bonds. The predicted octanol–water partition coefficient (Wildman–Crippen LogP) is 4.56. The molecule has 6 rings (SSSR count). The third kappa shape index (κ3) is 5.10. The summed E-state index contributed by atoms with van der Waals surface area (Å²) in [5, 5.41) is 11.8. The van der Waals surface area contributed by atoms with E-state index in [-0.39, 0.29) is 30.2 Å². The van der Waals surface area contributed by atoms with Crippen molar-refractivity contribution in [2.75, 3.05) is 29.9 Å². The maximum absolute atomic E-state index is 14.7. The summed E-state index contributed by atoms with van der Waals surface area (Å²) in [4.78, 5) is 18.3. The minimum atomic E-state index is -4.62. The first-order chi connectivity index (χ1) is 16.5. The Morgan fingerprint density at radius 3 is 2.54 bits per heavy atom.